The summed E-state index contributed by atoms with van der Waals surface area (Å²) in [7, 11) is 0. The van der Waals surface area contributed by atoms with E-state index in [1.807, 2.05) is 48.5 Å². The van der Waals surface area contributed by atoms with Crippen LogP contribution >= 0.6 is 0 Å². The van der Waals surface area contributed by atoms with Gasteiger partial charge in [-0.15, -0.1) is 0 Å². The molecule has 2 N–H and O–H groups in total. The van der Waals surface area contributed by atoms with Crippen LogP contribution in [-0.2, 0) is 6.54 Å². The molecule has 2 aromatic carbocycles. The van der Waals surface area contributed by atoms with Crippen molar-refractivity contribution in [1.29, 1.82) is 0 Å². The van der Waals surface area contributed by atoms with E-state index in [1.165, 1.54) is 4.90 Å². The number of halogens is 3. The average molecular weight is 456 g/mol. The summed E-state index contributed by atoms with van der Waals surface area (Å²) in [6.07, 6.45) is -2.44. The monoisotopic (exact) mass is 456 g/mol. The maximum atomic E-state index is 12.6. The predicted molar refractivity (Wildman–Crippen MR) is 118 cm³/mol. The SMILES string of the molecule is FC(F)(F)CN1CCN(Cc2nc3cc(Oc4ccc(-c5ccn[nH]5)cc4)ccc3[nH]2)CC1. The quantitative estimate of drug-likeness (QED) is 0.449. The molecule has 1 fully saturated rings. The highest BCUT2D eigenvalue weighted by molar-refractivity contribution is 5.77. The molecule has 3 heterocycles. The zero-order valence-corrected chi connectivity index (χ0v) is 17.8. The van der Waals surface area contributed by atoms with E-state index in [1.54, 1.807) is 6.20 Å². The molecule has 0 amide bonds. The third kappa shape index (κ3) is 5.35. The van der Waals surface area contributed by atoms with Crippen molar-refractivity contribution in [2.45, 2.75) is 12.7 Å². The fourth-order valence-corrected chi connectivity index (χ4v) is 4.00. The van der Waals surface area contributed by atoms with Gasteiger partial charge in [0.25, 0.3) is 0 Å². The average Bonchev–Trinajstić information content (AvgIpc) is 3.44. The first-order chi connectivity index (χ1) is 15.9. The van der Waals surface area contributed by atoms with Crippen molar-refractivity contribution >= 4 is 11.0 Å². The standard InChI is InChI=1S/C23H23F3N6O/c24-23(25,26)15-32-11-9-31(10-12-32)14-22-28-20-6-5-18(13-21(20)29-22)33-17-3-1-16(2-4-17)19-7-8-27-30-19/h1-8,13H,9-12,14-15H2,(H,27,30)(H,28,29). The number of imidazole rings is 1. The molecule has 172 valence electrons. The molecule has 10 heteroatoms. The lowest BCUT2D eigenvalue weighted by atomic mass is 10.1. The number of aromatic nitrogens is 4. The number of nitrogens with one attached hydrogen (secondary N) is 2. The van der Waals surface area contributed by atoms with Crippen molar-refractivity contribution in [2.75, 3.05) is 32.7 Å². The Morgan fingerprint density at radius 2 is 1.64 bits per heavy atom. The van der Waals surface area contributed by atoms with Gasteiger partial charge in [-0.2, -0.15) is 18.3 Å². The third-order valence-corrected chi connectivity index (χ3v) is 5.65. The lowest BCUT2D eigenvalue weighted by Gasteiger charge is -2.34. The second-order valence-electron chi connectivity index (χ2n) is 8.13. The van der Waals surface area contributed by atoms with E-state index in [2.05, 4.69) is 25.1 Å². The number of piperazine rings is 1. The highest BCUT2D eigenvalue weighted by atomic mass is 19.4. The normalized spacial score (nSPS) is 15.8. The highest BCUT2D eigenvalue weighted by Gasteiger charge is 2.32. The van der Waals surface area contributed by atoms with Crippen LogP contribution in [0.25, 0.3) is 22.3 Å². The number of benzene rings is 2. The molecule has 0 aliphatic carbocycles. The number of alkyl halides is 3. The first kappa shape index (κ1) is 21.5. The van der Waals surface area contributed by atoms with E-state index >= 15 is 0 Å². The first-order valence-electron chi connectivity index (χ1n) is 10.7. The van der Waals surface area contributed by atoms with Crippen molar-refractivity contribution in [3.05, 3.63) is 60.6 Å². The smallest absolute Gasteiger partial charge is 0.401 e. The van der Waals surface area contributed by atoms with Crippen molar-refractivity contribution in [3.8, 4) is 22.8 Å². The molecule has 0 saturated carbocycles. The fourth-order valence-electron chi connectivity index (χ4n) is 4.00. The van der Waals surface area contributed by atoms with Crippen molar-refractivity contribution in [3.63, 3.8) is 0 Å². The molecule has 0 bridgehead atoms. The molecule has 7 nitrogen and oxygen atoms in total. The van der Waals surface area contributed by atoms with Crippen molar-refractivity contribution < 1.29 is 17.9 Å². The minimum atomic E-state index is -4.15. The van der Waals surface area contributed by atoms with Crippen LogP contribution in [0.15, 0.2) is 54.7 Å². The maximum absolute atomic E-state index is 12.6. The van der Waals surface area contributed by atoms with Crippen LogP contribution in [-0.4, -0.2) is 68.9 Å². The van der Waals surface area contributed by atoms with Gasteiger partial charge in [0.15, 0.2) is 0 Å². The van der Waals surface area contributed by atoms with Crippen molar-refractivity contribution in [1.82, 2.24) is 30.0 Å². The maximum Gasteiger partial charge on any atom is 0.401 e. The van der Waals surface area contributed by atoms with Crippen LogP contribution in [0, 0.1) is 0 Å². The van der Waals surface area contributed by atoms with Gasteiger partial charge in [0.2, 0.25) is 0 Å². The number of fused-ring (bicyclic) bond motifs is 1. The number of ether oxygens (including phenoxy) is 1. The molecule has 1 saturated heterocycles. The van der Waals surface area contributed by atoms with E-state index in [9.17, 15) is 13.2 Å². The predicted octanol–water partition coefficient (Wildman–Crippen LogP) is 4.43. The molecular weight excluding hydrogens is 433 g/mol. The molecule has 4 aromatic rings. The largest absolute Gasteiger partial charge is 0.457 e. The summed E-state index contributed by atoms with van der Waals surface area (Å²) in [5.74, 6) is 2.18. The van der Waals surface area contributed by atoms with E-state index in [4.69, 9.17) is 4.74 Å². The number of nitrogens with zero attached hydrogens (tertiary/aromatic N) is 4. The molecular formula is C23H23F3N6O. The summed E-state index contributed by atoms with van der Waals surface area (Å²) in [6, 6.07) is 15.3. The van der Waals surface area contributed by atoms with E-state index in [0.29, 0.717) is 44.2 Å². The van der Waals surface area contributed by atoms with Gasteiger partial charge in [-0.3, -0.25) is 14.9 Å². The van der Waals surface area contributed by atoms with E-state index in [-0.39, 0.29) is 0 Å². The number of hydrogen-bond donors (Lipinski definition) is 2. The Kier molecular flexibility index (Phi) is 5.77. The van der Waals surface area contributed by atoms with Gasteiger partial charge < -0.3 is 9.72 Å². The fraction of sp³-hybridized carbons (Fsp3) is 0.304. The summed E-state index contributed by atoms with van der Waals surface area (Å²) in [4.78, 5) is 11.5. The highest BCUT2D eigenvalue weighted by Crippen LogP contribution is 2.27. The summed E-state index contributed by atoms with van der Waals surface area (Å²) in [5.41, 5.74) is 3.63. The Morgan fingerprint density at radius 1 is 0.909 bits per heavy atom. The second kappa shape index (κ2) is 8.87. The molecule has 1 aliphatic rings. The molecule has 5 rings (SSSR count). The van der Waals surface area contributed by atoms with Crippen LogP contribution in [0.3, 0.4) is 0 Å². The van der Waals surface area contributed by atoms with Gasteiger partial charge >= 0.3 is 6.18 Å². The molecule has 0 atom stereocenters. The Labute approximate surface area is 188 Å². The van der Waals surface area contributed by atoms with E-state index < -0.39 is 12.7 Å². The molecule has 2 aromatic heterocycles. The van der Waals surface area contributed by atoms with E-state index in [0.717, 1.165) is 28.1 Å². The molecule has 1 aliphatic heterocycles. The Hall–Kier alpha value is -3.37. The van der Waals surface area contributed by atoms with Crippen LogP contribution < -0.4 is 4.74 Å². The second-order valence-corrected chi connectivity index (χ2v) is 8.13. The Bertz CT molecular complexity index is 1200. The van der Waals surface area contributed by atoms with Gasteiger partial charge in [-0.1, -0.05) is 0 Å². The molecule has 0 radical (unpaired) electrons. The van der Waals surface area contributed by atoms with Gasteiger partial charge in [0.1, 0.15) is 17.3 Å². The van der Waals surface area contributed by atoms with Gasteiger partial charge in [-0.05, 0) is 48.0 Å². The minimum Gasteiger partial charge on any atom is -0.457 e. The van der Waals surface area contributed by atoms with Gasteiger partial charge in [0.05, 0.1) is 29.8 Å². The third-order valence-electron chi connectivity index (χ3n) is 5.65. The summed E-state index contributed by atoms with van der Waals surface area (Å²) in [5, 5.41) is 6.89. The zero-order chi connectivity index (χ0) is 22.8. The summed E-state index contributed by atoms with van der Waals surface area (Å²) < 4.78 is 43.7. The van der Waals surface area contributed by atoms with Crippen LogP contribution in [0.4, 0.5) is 13.2 Å². The molecule has 0 unspecified atom stereocenters. The lowest BCUT2D eigenvalue weighted by molar-refractivity contribution is -0.149. The zero-order valence-electron chi connectivity index (χ0n) is 17.8. The minimum absolute atomic E-state index is 0.400. The Balaban J connectivity index is 1.20. The van der Waals surface area contributed by atoms with Gasteiger partial charge in [-0.25, -0.2) is 4.98 Å². The first-order valence-corrected chi connectivity index (χ1v) is 10.7. The number of hydrogen-bond acceptors (Lipinski definition) is 5. The number of aromatic amines is 2. The van der Waals surface area contributed by atoms with Crippen LogP contribution in [0.2, 0.25) is 0 Å². The van der Waals surface area contributed by atoms with Crippen molar-refractivity contribution in [2.24, 2.45) is 0 Å². The van der Waals surface area contributed by atoms with Crippen LogP contribution in [0.1, 0.15) is 5.82 Å². The lowest BCUT2D eigenvalue weighted by Crippen LogP contribution is -2.48. The number of H-pyrrole nitrogens is 2. The van der Waals surface area contributed by atoms with Crippen LogP contribution in [0.5, 0.6) is 11.5 Å². The topological polar surface area (TPSA) is 73.1 Å². The molecule has 33 heavy (non-hydrogen) atoms. The Morgan fingerprint density at radius 3 is 2.33 bits per heavy atom. The van der Waals surface area contributed by atoms with Gasteiger partial charge in [0, 0.05) is 38.4 Å². The summed E-state index contributed by atoms with van der Waals surface area (Å²) in [6.45, 7) is 1.68. The molecule has 0 spiro atoms. The number of rotatable bonds is 6. The summed E-state index contributed by atoms with van der Waals surface area (Å²) >= 11 is 0.